The Kier molecular flexibility index (Phi) is 6.16. The minimum absolute atomic E-state index is 0.00206. The number of ketones is 2. The van der Waals surface area contributed by atoms with Crippen LogP contribution in [0, 0.1) is 28.6 Å². The molecule has 0 amide bonds. The fourth-order valence-corrected chi connectivity index (χ4v) is 10.0. The van der Waals surface area contributed by atoms with Crippen molar-refractivity contribution in [3.05, 3.63) is 36.3 Å². The highest BCUT2D eigenvalue weighted by atomic mass is 32.2. The third-order valence-electron chi connectivity index (χ3n) is 10.8. The van der Waals surface area contributed by atoms with Crippen molar-refractivity contribution >= 4 is 34.4 Å². The molecule has 0 radical (unpaired) electrons. The molecule has 0 bridgehead atoms. The van der Waals surface area contributed by atoms with Crippen LogP contribution in [0.4, 0.5) is 0 Å². The topological polar surface area (TPSA) is 127 Å². The van der Waals surface area contributed by atoms with E-state index in [0.29, 0.717) is 17.1 Å². The lowest BCUT2D eigenvalue weighted by Gasteiger charge is -2.59. The van der Waals surface area contributed by atoms with Crippen LogP contribution in [0.1, 0.15) is 59.3 Å². The van der Waals surface area contributed by atoms with Crippen molar-refractivity contribution in [1.29, 1.82) is 0 Å². The predicted molar refractivity (Wildman–Crippen MR) is 148 cm³/mol. The van der Waals surface area contributed by atoms with Crippen LogP contribution >= 0.6 is 11.8 Å². The van der Waals surface area contributed by atoms with Gasteiger partial charge < -0.3 is 14.6 Å². The fraction of sp³-hybridized carbons (Fsp3) is 0.633. The number of nitrogens with zero attached hydrogens (tertiary/aromatic N) is 3. The number of rotatable bonds is 6. The van der Waals surface area contributed by atoms with Crippen LogP contribution in [0.25, 0.3) is 11.0 Å². The van der Waals surface area contributed by atoms with E-state index in [0.717, 1.165) is 43.1 Å². The second-order valence-corrected chi connectivity index (χ2v) is 13.6. The number of hydrogen-bond donors (Lipinski definition) is 2. The molecule has 212 valence electrons. The largest absolute Gasteiger partial charge is 0.393 e. The summed E-state index contributed by atoms with van der Waals surface area (Å²) in [6.45, 7) is 6.41. The number of carbonyl (C=O) groups excluding carboxylic acids is 2. The maximum Gasteiger partial charge on any atom is 0.178 e. The van der Waals surface area contributed by atoms with Gasteiger partial charge in [-0.25, -0.2) is 9.97 Å². The van der Waals surface area contributed by atoms with Crippen molar-refractivity contribution in [2.45, 2.75) is 88.4 Å². The number of allylic oxidation sites excluding steroid dienone is 4. The Morgan fingerprint density at radius 1 is 1.30 bits per heavy atom. The Morgan fingerprint density at radius 2 is 2.15 bits per heavy atom. The number of aromatic nitrogens is 4. The number of carbonyl (C=O) groups is 2. The summed E-state index contributed by atoms with van der Waals surface area (Å²) in [4.78, 5) is 35.3. The van der Waals surface area contributed by atoms with E-state index >= 15 is 0 Å². The second kappa shape index (κ2) is 9.31. The van der Waals surface area contributed by atoms with Gasteiger partial charge in [-0.15, -0.1) is 0 Å². The maximum atomic E-state index is 14.5. The highest BCUT2D eigenvalue weighted by molar-refractivity contribution is 8.00. The molecule has 2 aromatic rings. The zero-order valence-corrected chi connectivity index (χ0v) is 23.9. The normalized spacial score (nSPS) is 41.8. The number of ether oxygens (including phenoxy) is 2. The smallest absolute Gasteiger partial charge is 0.178 e. The standard InChI is InChI=1S/C30H36N4O5S/c1-4-5-24-38-23-11-20-18-7-6-16-10-17(35)8-9-28(16,2)25(18)21(36)12-29(20,3)30(23,39-24)22(37)14-40-27-19-13-33-34-26(19)31-15-32-27/h8-10,13,15,18,20-21,23-25,36H,4-7,11-12,14H2,1-3H3,(H,31,32,33,34)/t18?,20?,21-,23+,24+,25?,28?,29?,30+/m0/s1. The molecule has 5 unspecified atom stereocenters. The quantitative estimate of drug-likeness (QED) is 0.392. The molecule has 7 rings (SSSR count). The molecule has 9 atom stereocenters. The predicted octanol–water partition coefficient (Wildman–Crippen LogP) is 4.18. The van der Waals surface area contributed by atoms with E-state index in [-0.39, 0.29) is 46.6 Å². The molecule has 5 aliphatic rings. The van der Waals surface area contributed by atoms with Crippen LogP contribution in [0.15, 0.2) is 41.4 Å². The van der Waals surface area contributed by atoms with E-state index < -0.39 is 23.4 Å². The third-order valence-corrected chi connectivity index (χ3v) is 11.8. The number of aromatic amines is 1. The Balaban J connectivity index is 1.23. The number of aliphatic hydroxyl groups is 1. The van der Waals surface area contributed by atoms with E-state index in [1.54, 1.807) is 18.3 Å². The Hall–Kier alpha value is -2.40. The van der Waals surface area contributed by atoms with Gasteiger partial charge in [0.15, 0.2) is 29.1 Å². The van der Waals surface area contributed by atoms with E-state index in [2.05, 4.69) is 40.9 Å². The summed E-state index contributed by atoms with van der Waals surface area (Å²) in [5.41, 5.74) is -0.320. The van der Waals surface area contributed by atoms with Gasteiger partial charge in [0, 0.05) is 16.7 Å². The summed E-state index contributed by atoms with van der Waals surface area (Å²) in [7, 11) is 0. The molecule has 4 aliphatic carbocycles. The number of H-pyrrole nitrogens is 1. The summed E-state index contributed by atoms with van der Waals surface area (Å²) in [6, 6.07) is 0. The molecule has 4 fully saturated rings. The van der Waals surface area contributed by atoms with Gasteiger partial charge in [-0.1, -0.05) is 50.6 Å². The van der Waals surface area contributed by atoms with Crippen LogP contribution in [-0.4, -0.2) is 66.7 Å². The summed E-state index contributed by atoms with van der Waals surface area (Å²) < 4.78 is 13.3. The van der Waals surface area contributed by atoms with Gasteiger partial charge in [0.1, 0.15) is 11.4 Å². The molecule has 1 saturated heterocycles. The minimum atomic E-state index is -1.13. The molecule has 3 saturated carbocycles. The average Bonchev–Trinajstić information content (AvgIpc) is 3.60. The van der Waals surface area contributed by atoms with Crippen molar-refractivity contribution in [3.8, 4) is 0 Å². The van der Waals surface area contributed by atoms with Gasteiger partial charge in [0.25, 0.3) is 0 Å². The highest BCUT2D eigenvalue weighted by Crippen LogP contribution is 2.69. The molecule has 3 heterocycles. The SMILES string of the molecule is CCC[C@@H]1O[C@@H]2CC3C4CCC5=CC(=O)C=CC5(C)C4[C@@H](O)CC3(C)[C@]2(C(=O)CSc2ncnc3[nH]ncc23)O1. The minimum Gasteiger partial charge on any atom is -0.393 e. The van der Waals surface area contributed by atoms with Crippen LogP contribution in [0.3, 0.4) is 0 Å². The lowest BCUT2D eigenvalue weighted by atomic mass is 9.46. The summed E-state index contributed by atoms with van der Waals surface area (Å²) in [5, 5.41) is 20.3. The number of Topliss-reactive ketones (excluding diaryl/α,β-unsaturated/α-hetero) is 1. The van der Waals surface area contributed by atoms with E-state index in [9.17, 15) is 14.7 Å². The Morgan fingerprint density at radius 3 is 2.98 bits per heavy atom. The van der Waals surface area contributed by atoms with Crippen molar-refractivity contribution in [3.63, 3.8) is 0 Å². The first kappa shape index (κ1) is 26.5. The van der Waals surface area contributed by atoms with Gasteiger partial charge in [0.2, 0.25) is 0 Å². The molecule has 2 aromatic heterocycles. The third kappa shape index (κ3) is 3.55. The second-order valence-electron chi connectivity index (χ2n) is 12.7. The van der Waals surface area contributed by atoms with Crippen molar-refractivity contribution < 1.29 is 24.2 Å². The number of nitrogens with one attached hydrogen (secondary N) is 1. The van der Waals surface area contributed by atoms with Crippen LogP contribution in [-0.2, 0) is 19.1 Å². The zero-order valence-electron chi connectivity index (χ0n) is 23.1. The van der Waals surface area contributed by atoms with E-state index in [1.165, 1.54) is 18.1 Å². The van der Waals surface area contributed by atoms with Crippen molar-refractivity contribution in [2.24, 2.45) is 28.6 Å². The first-order chi connectivity index (χ1) is 19.2. The van der Waals surface area contributed by atoms with Crippen LogP contribution in [0.2, 0.25) is 0 Å². The molecule has 10 heteroatoms. The maximum absolute atomic E-state index is 14.5. The Bertz CT molecular complexity index is 1440. The fourth-order valence-electron chi connectivity index (χ4n) is 9.10. The highest BCUT2D eigenvalue weighted by Gasteiger charge is 2.75. The van der Waals surface area contributed by atoms with Gasteiger partial charge >= 0.3 is 0 Å². The van der Waals surface area contributed by atoms with Gasteiger partial charge in [0.05, 0.1) is 29.5 Å². The number of hydrogen-bond acceptors (Lipinski definition) is 9. The zero-order chi connectivity index (χ0) is 27.9. The van der Waals surface area contributed by atoms with Crippen LogP contribution in [0.5, 0.6) is 0 Å². The number of aliphatic hydroxyl groups excluding tert-OH is 1. The lowest BCUT2D eigenvalue weighted by Crippen LogP contribution is -2.63. The first-order valence-electron chi connectivity index (χ1n) is 14.5. The van der Waals surface area contributed by atoms with Crippen LogP contribution < -0.4 is 0 Å². The number of fused-ring (bicyclic) bond motifs is 8. The molecule has 2 N–H and O–H groups in total. The molecule has 9 nitrogen and oxygen atoms in total. The number of thioether (sulfide) groups is 1. The summed E-state index contributed by atoms with van der Waals surface area (Å²) in [6.07, 6.45) is 11.7. The first-order valence-corrected chi connectivity index (χ1v) is 15.5. The molecule has 0 aromatic carbocycles. The van der Waals surface area contributed by atoms with Crippen molar-refractivity contribution in [1.82, 2.24) is 20.2 Å². The molecule has 0 spiro atoms. The van der Waals surface area contributed by atoms with Gasteiger partial charge in [-0.2, -0.15) is 5.10 Å². The van der Waals surface area contributed by atoms with E-state index in [4.69, 9.17) is 9.47 Å². The molecular weight excluding hydrogens is 528 g/mol. The van der Waals surface area contributed by atoms with Crippen molar-refractivity contribution in [2.75, 3.05) is 5.75 Å². The van der Waals surface area contributed by atoms with Gasteiger partial charge in [-0.05, 0) is 56.1 Å². The lowest BCUT2D eigenvalue weighted by molar-refractivity contribution is -0.197. The average molecular weight is 565 g/mol. The Labute approximate surface area is 237 Å². The summed E-state index contributed by atoms with van der Waals surface area (Å²) in [5.74, 6) is 0.540. The van der Waals surface area contributed by atoms with E-state index in [1.807, 2.05) is 6.08 Å². The molecular formula is C30H36N4O5S. The summed E-state index contributed by atoms with van der Waals surface area (Å²) >= 11 is 1.38. The monoisotopic (exact) mass is 564 g/mol. The molecule has 1 aliphatic heterocycles. The molecule has 40 heavy (non-hydrogen) atoms. The van der Waals surface area contributed by atoms with Gasteiger partial charge in [-0.3, -0.25) is 14.7 Å².